The highest BCUT2D eigenvalue weighted by atomic mass is 79.9. The van der Waals surface area contributed by atoms with Crippen LogP contribution in [0.15, 0.2) is 28.2 Å². The molecule has 0 spiro atoms. The van der Waals surface area contributed by atoms with E-state index in [4.69, 9.17) is 9.47 Å². The number of thiazole rings is 1. The van der Waals surface area contributed by atoms with Crippen LogP contribution in [0.3, 0.4) is 0 Å². The average molecular weight is 354 g/mol. The molecule has 1 aromatic carbocycles. The quantitative estimate of drug-likeness (QED) is 0.744. The van der Waals surface area contributed by atoms with Gasteiger partial charge >= 0.3 is 0 Å². The van der Waals surface area contributed by atoms with Gasteiger partial charge in [-0.15, -0.1) is 0 Å². The maximum Gasteiger partial charge on any atom is 0.279 e. The summed E-state index contributed by atoms with van der Waals surface area (Å²) in [5, 5.41) is 0.643. The molecule has 0 aliphatic heterocycles. The molecule has 0 radical (unpaired) electrons. The van der Waals surface area contributed by atoms with Crippen molar-refractivity contribution in [3.05, 3.63) is 33.7 Å². The minimum Gasteiger partial charge on any atom is -0.490 e. The first kappa shape index (κ1) is 13.9. The molecular formula is C15H16BrNO2S. The standard InChI is InChI=1S/C15H16BrNO2S/c1-10-8-12(18-11-4-2-3-5-11)6-7-13(10)19-15-17-9-14(16)20-15/h6-9,11H,2-5H2,1H3. The molecule has 0 atom stereocenters. The highest BCUT2D eigenvalue weighted by Gasteiger charge is 2.17. The largest absolute Gasteiger partial charge is 0.490 e. The lowest BCUT2D eigenvalue weighted by Crippen LogP contribution is -2.10. The maximum atomic E-state index is 5.99. The number of aromatic nitrogens is 1. The fourth-order valence-electron chi connectivity index (χ4n) is 2.39. The zero-order valence-corrected chi connectivity index (χ0v) is 13.7. The molecule has 0 saturated heterocycles. The van der Waals surface area contributed by atoms with Crippen LogP contribution >= 0.6 is 27.3 Å². The topological polar surface area (TPSA) is 31.4 Å². The second-order valence-electron chi connectivity index (χ2n) is 4.98. The van der Waals surface area contributed by atoms with Crippen LogP contribution in [0.1, 0.15) is 31.2 Å². The zero-order valence-electron chi connectivity index (χ0n) is 11.3. The lowest BCUT2D eigenvalue weighted by atomic mass is 10.2. The second-order valence-corrected chi connectivity index (χ2v) is 7.36. The Hall–Kier alpha value is -1.07. The zero-order chi connectivity index (χ0) is 13.9. The third-order valence-electron chi connectivity index (χ3n) is 3.40. The van der Waals surface area contributed by atoms with E-state index in [1.807, 2.05) is 25.1 Å². The van der Waals surface area contributed by atoms with E-state index in [1.165, 1.54) is 37.0 Å². The normalized spacial score (nSPS) is 15.5. The SMILES string of the molecule is Cc1cc(OC2CCCC2)ccc1Oc1ncc(Br)s1. The van der Waals surface area contributed by atoms with Crippen LogP contribution in [0, 0.1) is 6.92 Å². The molecule has 0 bridgehead atoms. The van der Waals surface area contributed by atoms with Gasteiger partial charge in [-0.1, -0.05) is 11.3 Å². The van der Waals surface area contributed by atoms with E-state index in [9.17, 15) is 0 Å². The van der Waals surface area contributed by atoms with Crippen molar-refractivity contribution in [1.29, 1.82) is 0 Å². The van der Waals surface area contributed by atoms with Crippen LogP contribution in [-0.2, 0) is 0 Å². The minimum atomic E-state index is 0.385. The summed E-state index contributed by atoms with van der Waals surface area (Å²) in [6, 6.07) is 5.97. The molecule has 1 aliphatic carbocycles. The van der Waals surface area contributed by atoms with E-state index in [-0.39, 0.29) is 0 Å². The Morgan fingerprint density at radius 1 is 1.30 bits per heavy atom. The smallest absolute Gasteiger partial charge is 0.279 e. The summed E-state index contributed by atoms with van der Waals surface area (Å²) < 4.78 is 12.7. The Labute approximate surface area is 131 Å². The van der Waals surface area contributed by atoms with Gasteiger partial charge in [0.25, 0.3) is 5.19 Å². The summed E-state index contributed by atoms with van der Waals surface area (Å²) in [6.45, 7) is 2.03. The van der Waals surface area contributed by atoms with Crippen LogP contribution in [0.2, 0.25) is 0 Å². The van der Waals surface area contributed by atoms with Gasteiger partial charge in [-0.3, -0.25) is 0 Å². The first-order valence-corrected chi connectivity index (χ1v) is 8.38. The molecule has 0 amide bonds. The van der Waals surface area contributed by atoms with E-state index in [2.05, 4.69) is 20.9 Å². The van der Waals surface area contributed by atoms with E-state index in [1.54, 1.807) is 6.20 Å². The van der Waals surface area contributed by atoms with Crippen LogP contribution in [-0.4, -0.2) is 11.1 Å². The van der Waals surface area contributed by atoms with Crippen molar-refractivity contribution < 1.29 is 9.47 Å². The molecule has 1 aromatic heterocycles. The van der Waals surface area contributed by atoms with Gasteiger partial charge in [-0.05, 0) is 72.3 Å². The molecule has 1 aliphatic rings. The van der Waals surface area contributed by atoms with E-state index >= 15 is 0 Å². The van der Waals surface area contributed by atoms with Gasteiger partial charge in [0.1, 0.15) is 11.5 Å². The Morgan fingerprint density at radius 2 is 2.10 bits per heavy atom. The molecular weight excluding hydrogens is 338 g/mol. The van der Waals surface area contributed by atoms with Gasteiger partial charge in [0.15, 0.2) is 0 Å². The number of rotatable bonds is 4. The Bertz CT molecular complexity index is 593. The van der Waals surface area contributed by atoms with Crippen LogP contribution in [0.5, 0.6) is 16.7 Å². The minimum absolute atomic E-state index is 0.385. The first-order chi connectivity index (χ1) is 9.70. The molecule has 1 fully saturated rings. The molecule has 106 valence electrons. The van der Waals surface area contributed by atoms with Crippen molar-refractivity contribution in [3.8, 4) is 16.7 Å². The Balaban J connectivity index is 1.70. The lowest BCUT2D eigenvalue weighted by Gasteiger charge is -2.14. The molecule has 2 aromatic rings. The predicted octanol–water partition coefficient (Wildman–Crippen LogP) is 5.33. The summed E-state index contributed by atoms with van der Waals surface area (Å²) in [4.78, 5) is 4.18. The molecule has 0 unspecified atom stereocenters. The Kier molecular flexibility index (Phi) is 4.27. The van der Waals surface area contributed by atoms with Crippen LogP contribution in [0.4, 0.5) is 0 Å². The van der Waals surface area contributed by atoms with Gasteiger partial charge in [-0.2, -0.15) is 0 Å². The molecule has 20 heavy (non-hydrogen) atoms. The van der Waals surface area contributed by atoms with Crippen molar-refractivity contribution >= 4 is 27.3 Å². The molecule has 3 nitrogen and oxygen atoms in total. The average Bonchev–Trinajstić information content (AvgIpc) is 3.05. The van der Waals surface area contributed by atoms with Gasteiger partial charge in [0.2, 0.25) is 0 Å². The number of halogens is 1. The third kappa shape index (κ3) is 3.33. The number of aryl methyl sites for hydroxylation is 1. The Morgan fingerprint density at radius 3 is 2.75 bits per heavy atom. The third-order valence-corrected chi connectivity index (χ3v) is 4.76. The van der Waals surface area contributed by atoms with Crippen LogP contribution < -0.4 is 9.47 Å². The van der Waals surface area contributed by atoms with Gasteiger partial charge in [0.05, 0.1) is 16.1 Å². The second kappa shape index (κ2) is 6.14. The highest BCUT2D eigenvalue weighted by Crippen LogP contribution is 2.33. The fourth-order valence-corrected chi connectivity index (χ4v) is 3.42. The van der Waals surface area contributed by atoms with Crippen molar-refractivity contribution in [2.24, 2.45) is 0 Å². The summed E-state index contributed by atoms with van der Waals surface area (Å²) in [6.07, 6.45) is 7.03. The van der Waals surface area contributed by atoms with Crippen molar-refractivity contribution in [2.45, 2.75) is 38.7 Å². The van der Waals surface area contributed by atoms with E-state index in [0.29, 0.717) is 11.3 Å². The molecule has 5 heteroatoms. The van der Waals surface area contributed by atoms with Gasteiger partial charge in [0, 0.05) is 0 Å². The lowest BCUT2D eigenvalue weighted by molar-refractivity contribution is 0.209. The monoisotopic (exact) mass is 353 g/mol. The maximum absolute atomic E-state index is 5.99. The first-order valence-electron chi connectivity index (χ1n) is 6.77. The number of nitrogens with zero attached hydrogens (tertiary/aromatic N) is 1. The number of hydrogen-bond acceptors (Lipinski definition) is 4. The predicted molar refractivity (Wildman–Crippen MR) is 84.0 cm³/mol. The van der Waals surface area contributed by atoms with Gasteiger partial charge in [-0.25, -0.2) is 4.98 Å². The van der Waals surface area contributed by atoms with Crippen LogP contribution in [0.25, 0.3) is 0 Å². The molecule has 1 heterocycles. The van der Waals surface area contributed by atoms with Crippen molar-refractivity contribution in [2.75, 3.05) is 0 Å². The number of hydrogen-bond donors (Lipinski definition) is 0. The fraction of sp³-hybridized carbons (Fsp3) is 0.400. The number of ether oxygens (including phenoxy) is 2. The van der Waals surface area contributed by atoms with E-state index < -0.39 is 0 Å². The number of benzene rings is 1. The molecule has 1 saturated carbocycles. The molecule has 3 rings (SSSR count). The summed E-state index contributed by atoms with van der Waals surface area (Å²) >= 11 is 4.85. The summed E-state index contributed by atoms with van der Waals surface area (Å²) in [7, 11) is 0. The highest BCUT2D eigenvalue weighted by molar-refractivity contribution is 9.11. The summed E-state index contributed by atoms with van der Waals surface area (Å²) in [5.41, 5.74) is 1.06. The summed E-state index contributed by atoms with van der Waals surface area (Å²) in [5.74, 6) is 1.76. The van der Waals surface area contributed by atoms with E-state index in [0.717, 1.165) is 20.8 Å². The molecule has 0 N–H and O–H groups in total. The van der Waals surface area contributed by atoms with Crippen molar-refractivity contribution in [1.82, 2.24) is 4.98 Å². The van der Waals surface area contributed by atoms with Crippen molar-refractivity contribution in [3.63, 3.8) is 0 Å². The van der Waals surface area contributed by atoms with Gasteiger partial charge < -0.3 is 9.47 Å².